The van der Waals surface area contributed by atoms with Gasteiger partial charge in [0.25, 0.3) is 5.91 Å². The summed E-state index contributed by atoms with van der Waals surface area (Å²) in [4.78, 5) is 15.1. The lowest BCUT2D eigenvalue weighted by atomic mass is 9.83. The van der Waals surface area contributed by atoms with Gasteiger partial charge in [0.15, 0.2) is 0 Å². The highest BCUT2D eigenvalue weighted by molar-refractivity contribution is 5.94. The van der Waals surface area contributed by atoms with Crippen LogP contribution >= 0.6 is 0 Å². The highest BCUT2D eigenvalue weighted by atomic mass is 16.3. The van der Waals surface area contributed by atoms with Gasteiger partial charge in [-0.05, 0) is 107 Å². The Morgan fingerprint density at radius 3 is 2.45 bits per heavy atom. The Bertz CT molecular complexity index is 1060. The summed E-state index contributed by atoms with van der Waals surface area (Å²) in [6.07, 6.45) is 10.3. The molecule has 5 nitrogen and oxygen atoms in total. The van der Waals surface area contributed by atoms with E-state index in [0.717, 1.165) is 24.3 Å². The molecule has 2 fully saturated rings. The summed E-state index contributed by atoms with van der Waals surface area (Å²) in [6.45, 7) is 3.56. The number of nitrogens with two attached hydrogens (primary N) is 1. The Hall–Kier alpha value is -2.79. The molecule has 5 rings (SSSR count). The van der Waals surface area contributed by atoms with Crippen molar-refractivity contribution >= 4 is 22.6 Å². The van der Waals surface area contributed by atoms with Gasteiger partial charge in [0.1, 0.15) is 5.58 Å². The van der Waals surface area contributed by atoms with Gasteiger partial charge in [-0.15, -0.1) is 0 Å². The van der Waals surface area contributed by atoms with E-state index >= 15 is 0 Å². The van der Waals surface area contributed by atoms with E-state index in [-0.39, 0.29) is 5.91 Å². The van der Waals surface area contributed by atoms with Crippen molar-refractivity contribution in [2.75, 3.05) is 25.4 Å². The number of likely N-dealkylation sites (tertiary alicyclic amines) is 1. The topological polar surface area (TPSA) is 71.5 Å². The van der Waals surface area contributed by atoms with Gasteiger partial charge in [-0.1, -0.05) is 18.2 Å². The van der Waals surface area contributed by atoms with Crippen molar-refractivity contribution in [1.82, 2.24) is 10.2 Å². The molecule has 1 saturated heterocycles. The number of nitrogens with zero attached hydrogens (tertiary/aromatic N) is 1. The molecule has 33 heavy (non-hydrogen) atoms. The Morgan fingerprint density at radius 1 is 0.970 bits per heavy atom. The van der Waals surface area contributed by atoms with Crippen LogP contribution in [0.4, 0.5) is 5.69 Å². The van der Waals surface area contributed by atoms with Gasteiger partial charge in [-0.3, -0.25) is 4.79 Å². The molecule has 0 bridgehead atoms. The van der Waals surface area contributed by atoms with E-state index in [1.54, 1.807) is 24.3 Å². The number of carbonyl (C=O) groups excluding carboxylic acids is 1. The number of piperidine rings is 1. The standard InChI is InChI=1S/C28H35N3O2/c29-23-9-7-22(8-10-23)28(32)30-24-11-5-20(6-12-24)13-16-31-17-14-21(15-18-31)26-19-33-27-4-2-1-3-25(26)27/h1-4,7-10,19-21,24H,5-6,11-18,29H2,(H,30,32)/t20-,24-. The fourth-order valence-electron chi connectivity index (χ4n) is 5.65. The maximum atomic E-state index is 12.5. The van der Waals surface area contributed by atoms with E-state index in [1.165, 1.54) is 62.7 Å². The first kappa shape index (κ1) is 22.0. The Balaban J connectivity index is 1.02. The molecular formula is C28H35N3O2. The number of carbonyl (C=O) groups is 1. The third-order valence-electron chi connectivity index (χ3n) is 7.75. The summed E-state index contributed by atoms with van der Waals surface area (Å²) in [5.74, 6) is 1.42. The maximum absolute atomic E-state index is 12.5. The molecule has 2 aromatic carbocycles. The molecular weight excluding hydrogens is 410 g/mol. The molecule has 0 spiro atoms. The molecule has 3 N–H and O–H groups in total. The van der Waals surface area contributed by atoms with E-state index in [0.29, 0.717) is 23.2 Å². The molecule has 1 aromatic heterocycles. The van der Waals surface area contributed by atoms with E-state index in [1.807, 2.05) is 12.3 Å². The molecule has 5 heteroatoms. The molecule has 1 aliphatic heterocycles. The van der Waals surface area contributed by atoms with Crippen molar-refractivity contribution in [3.05, 3.63) is 65.9 Å². The highest BCUT2D eigenvalue weighted by Crippen LogP contribution is 2.35. The molecule has 2 heterocycles. The Labute approximate surface area is 196 Å². The molecule has 0 atom stereocenters. The van der Waals surface area contributed by atoms with E-state index in [9.17, 15) is 4.79 Å². The average Bonchev–Trinajstić information content (AvgIpc) is 3.28. The molecule has 3 aromatic rings. The number of amides is 1. The molecule has 174 valence electrons. The number of hydrogen-bond acceptors (Lipinski definition) is 4. The maximum Gasteiger partial charge on any atom is 0.251 e. The van der Waals surface area contributed by atoms with Crippen LogP contribution < -0.4 is 11.1 Å². The van der Waals surface area contributed by atoms with Crippen LogP contribution in [0, 0.1) is 5.92 Å². The van der Waals surface area contributed by atoms with Gasteiger partial charge >= 0.3 is 0 Å². The van der Waals surface area contributed by atoms with Gasteiger partial charge in [0.2, 0.25) is 0 Å². The van der Waals surface area contributed by atoms with Crippen molar-refractivity contribution in [3.8, 4) is 0 Å². The van der Waals surface area contributed by atoms with Gasteiger partial charge in [-0.25, -0.2) is 0 Å². The number of para-hydroxylation sites is 1. The third-order valence-corrected chi connectivity index (χ3v) is 7.75. The minimum atomic E-state index is 0.0201. The summed E-state index contributed by atoms with van der Waals surface area (Å²) < 4.78 is 5.77. The van der Waals surface area contributed by atoms with Gasteiger partial charge < -0.3 is 20.4 Å². The Morgan fingerprint density at radius 2 is 1.70 bits per heavy atom. The number of fused-ring (bicyclic) bond motifs is 1. The first-order valence-corrected chi connectivity index (χ1v) is 12.5. The van der Waals surface area contributed by atoms with Gasteiger partial charge in [-0.2, -0.15) is 0 Å². The molecule has 2 aliphatic rings. The number of hydrogen-bond donors (Lipinski definition) is 2. The van der Waals surface area contributed by atoms with Crippen molar-refractivity contribution in [3.63, 3.8) is 0 Å². The zero-order valence-electron chi connectivity index (χ0n) is 19.3. The van der Waals surface area contributed by atoms with Crippen LogP contribution in [0.15, 0.2) is 59.2 Å². The summed E-state index contributed by atoms with van der Waals surface area (Å²) in [7, 11) is 0. The molecule has 1 saturated carbocycles. The first-order valence-electron chi connectivity index (χ1n) is 12.5. The number of nitrogens with one attached hydrogen (secondary N) is 1. The number of rotatable bonds is 6. The second kappa shape index (κ2) is 10.0. The van der Waals surface area contributed by atoms with E-state index in [4.69, 9.17) is 10.2 Å². The van der Waals surface area contributed by atoms with Crippen molar-refractivity contribution in [2.24, 2.45) is 5.92 Å². The predicted molar refractivity (Wildman–Crippen MR) is 133 cm³/mol. The predicted octanol–water partition coefficient (Wildman–Crippen LogP) is 5.57. The number of anilines is 1. The molecule has 0 radical (unpaired) electrons. The minimum Gasteiger partial charge on any atom is -0.464 e. The lowest BCUT2D eigenvalue weighted by Gasteiger charge is -2.34. The highest BCUT2D eigenvalue weighted by Gasteiger charge is 2.26. The zero-order valence-corrected chi connectivity index (χ0v) is 19.3. The summed E-state index contributed by atoms with van der Waals surface area (Å²) in [5.41, 5.74) is 9.50. The van der Waals surface area contributed by atoms with Crippen molar-refractivity contribution in [1.29, 1.82) is 0 Å². The molecule has 0 unspecified atom stereocenters. The van der Waals surface area contributed by atoms with Crippen LogP contribution in [-0.2, 0) is 0 Å². The Kier molecular flexibility index (Phi) is 6.68. The molecule has 1 amide bonds. The zero-order chi connectivity index (χ0) is 22.6. The van der Waals surface area contributed by atoms with Gasteiger partial charge in [0.05, 0.1) is 6.26 Å². The smallest absolute Gasteiger partial charge is 0.251 e. The van der Waals surface area contributed by atoms with Gasteiger partial charge in [0, 0.05) is 28.2 Å². The quantitative estimate of drug-likeness (QED) is 0.486. The van der Waals surface area contributed by atoms with Crippen LogP contribution in [-0.4, -0.2) is 36.5 Å². The van der Waals surface area contributed by atoms with Crippen LogP contribution in [0.1, 0.15) is 66.8 Å². The minimum absolute atomic E-state index is 0.0201. The van der Waals surface area contributed by atoms with Crippen molar-refractivity contribution in [2.45, 2.75) is 56.9 Å². The summed E-state index contributed by atoms with van der Waals surface area (Å²) >= 11 is 0. The molecule has 1 aliphatic carbocycles. The monoisotopic (exact) mass is 445 g/mol. The van der Waals surface area contributed by atoms with Crippen LogP contribution in [0.25, 0.3) is 11.0 Å². The van der Waals surface area contributed by atoms with Crippen LogP contribution in [0.2, 0.25) is 0 Å². The summed E-state index contributed by atoms with van der Waals surface area (Å²) in [5, 5.41) is 4.50. The lowest BCUT2D eigenvalue weighted by Crippen LogP contribution is -2.38. The second-order valence-electron chi connectivity index (χ2n) is 9.90. The fourth-order valence-corrected chi connectivity index (χ4v) is 5.65. The van der Waals surface area contributed by atoms with Crippen molar-refractivity contribution < 1.29 is 9.21 Å². The van der Waals surface area contributed by atoms with E-state index < -0.39 is 0 Å². The average molecular weight is 446 g/mol. The number of nitrogen functional groups attached to an aromatic ring is 1. The third kappa shape index (κ3) is 5.25. The van der Waals surface area contributed by atoms with E-state index in [2.05, 4.69) is 28.4 Å². The van der Waals surface area contributed by atoms with Crippen LogP contribution in [0.3, 0.4) is 0 Å². The largest absolute Gasteiger partial charge is 0.464 e. The number of benzene rings is 2. The number of furan rings is 1. The SMILES string of the molecule is Nc1ccc(C(=O)N[C@H]2CC[C@H](CCN3CCC(c4coc5ccccc45)CC3)CC2)cc1. The summed E-state index contributed by atoms with van der Waals surface area (Å²) in [6, 6.07) is 15.9. The second-order valence-corrected chi connectivity index (χ2v) is 9.90. The fraction of sp³-hybridized carbons (Fsp3) is 0.464. The first-order chi connectivity index (χ1) is 16.2. The van der Waals surface area contributed by atoms with Crippen LogP contribution in [0.5, 0.6) is 0 Å². The lowest BCUT2D eigenvalue weighted by molar-refractivity contribution is 0.0919. The normalized spacial score (nSPS) is 22.4.